The molecule has 0 aliphatic rings. The lowest BCUT2D eigenvalue weighted by Gasteiger charge is -2.36. The maximum Gasteiger partial charge on any atom is 0.194 e. The van der Waals surface area contributed by atoms with E-state index in [1.54, 1.807) is 34.6 Å². The number of thiocarbonyl (C=S) groups is 1. The fraction of sp³-hybridized carbons (Fsp3) is 0.778. The Morgan fingerprint density at radius 2 is 1.77 bits per heavy atom. The van der Waals surface area contributed by atoms with E-state index in [0.29, 0.717) is 5.06 Å². The van der Waals surface area contributed by atoms with Crippen LogP contribution in [-0.4, -0.2) is 21.9 Å². The number of Topliss-reactive ketones (excluding diaryl/α,β-unsaturated/α-hetero) is 1. The minimum atomic E-state index is -0.575. The smallest absolute Gasteiger partial charge is 0.194 e. The van der Waals surface area contributed by atoms with Crippen LogP contribution in [0.2, 0.25) is 0 Å². The highest BCUT2D eigenvalue weighted by atomic mass is 32.1. The molecule has 76 valence electrons. The highest BCUT2D eigenvalue weighted by molar-refractivity contribution is 7.82. The van der Waals surface area contributed by atoms with Gasteiger partial charge in [-0.1, -0.05) is 33.0 Å². The quantitative estimate of drug-likeness (QED) is 0.508. The lowest BCUT2D eigenvalue weighted by molar-refractivity contribution is -0.120. The Labute approximate surface area is 84.7 Å². The normalized spacial score (nSPS) is 11.6. The lowest BCUT2D eigenvalue weighted by Crippen LogP contribution is -2.40. The summed E-state index contributed by atoms with van der Waals surface area (Å²) in [6.45, 7) is 8.64. The molecule has 0 saturated heterocycles. The van der Waals surface area contributed by atoms with E-state index in [9.17, 15) is 10.0 Å². The molecular formula is C9H16NO2S-. The third-order valence-electron chi connectivity index (χ3n) is 1.54. The van der Waals surface area contributed by atoms with Gasteiger partial charge in [0.25, 0.3) is 0 Å². The van der Waals surface area contributed by atoms with E-state index in [2.05, 4.69) is 0 Å². The molecule has 0 atom stereocenters. The van der Waals surface area contributed by atoms with Crippen molar-refractivity contribution in [1.29, 1.82) is 0 Å². The fourth-order valence-electron chi connectivity index (χ4n) is 0.655. The second-order valence-corrected chi connectivity index (χ2v) is 4.69. The first-order chi connectivity index (χ1) is 5.68. The maximum absolute atomic E-state index is 11.5. The summed E-state index contributed by atoms with van der Waals surface area (Å²) in [5.74, 6) is -0.272. The van der Waals surface area contributed by atoms with Crippen molar-refractivity contribution in [3.8, 4) is 0 Å². The zero-order valence-corrected chi connectivity index (χ0v) is 9.57. The SMILES string of the molecule is CC(C)N([O-])C(=S)C(=O)C(C)(C)C. The molecule has 0 aromatic carbocycles. The first-order valence-electron chi connectivity index (χ1n) is 4.23. The first-order valence-corrected chi connectivity index (χ1v) is 4.64. The van der Waals surface area contributed by atoms with Gasteiger partial charge in [-0.2, -0.15) is 0 Å². The average molecular weight is 202 g/mol. The molecule has 0 amide bonds. The van der Waals surface area contributed by atoms with Crippen LogP contribution in [0.15, 0.2) is 0 Å². The van der Waals surface area contributed by atoms with Gasteiger partial charge >= 0.3 is 0 Å². The number of hydroxylamine groups is 2. The molecular weight excluding hydrogens is 186 g/mol. The van der Waals surface area contributed by atoms with E-state index in [1.165, 1.54) is 0 Å². The molecule has 0 aromatic heterocycles. The van der Waals surface area contributed by atoms with Gasteiger partial charge in [-0.25, -0.2) is 0 Å². The molecule has 0 bridgehead atoms. The molecule has 0 heterocycles. The molecule has 0 aromatic rings. The van der Waals surface area contributed by atoms with Crippen molar-refractivity contribution in [1.82, 2.24) is 5.06 Å². The first kappa shape index (κ1) is 12.5. The zero-order valence-electron chi connectivity index (χ0n) is 8.75. The van der Waals surface area contributed by atoms with Gasteiger partial charge in [0.15, 0.2) is 5.78 Å². The van der Waals surface area contributed by atoms with Crippen molar-refractivity contribution < 1.29 is 4.79 Å². The van der Waals surface area contributed by atoms with Gasteiger partial charge in [0.1, 0.15) is 4.99 Å². The van der Waals surface area contributed by atoms with Crippen LogP contribution in [0.25, 0.3) is 0 Å². The van der Waals surface area contributed by atoms with Gasteiger partial charge in [-0.05, 0) is 13.8 Å². The van der Waals surface area contributed by atoms with Crippen molar-refractivity contribution in [3.63, 3.8) is 0 Å². The summed E-state index contributed by atoms with van der Waals surface area (Å²) in [4.78, 5) is 11.4. The number of nitrogens with zero attached hydrogens (tertiary/aromatic N) is 1. The van der Waals surface area contributed by atoms with E-state index in [1.807, 2.05) is 0 Å². The van der Waals surface area contributed by atoms with Crippen LogP contribution < -0.4 is 0 Å². The fourth-order valence-corrected chi connectivity index (χ4v) is 1.17. The molecule has 0 unspecified atom stereocenters. The Hall–Kier alpha value is -0.480. The number of carbonyl (C=O) groups is 1. The van der Waals surface area contributed by atoms with E-state index < -0.39 is 5.41 Å². The van der Waals surface area contributed by atoms with Gasteiger partial charge in [0.2, 0.25) is 0 Å². The van der Waals surface area contributed by atoms with Crippen LogP contribution in [0, 0.1) is 10.6 Å². The Morgan fingerprint density at radius 3 is 2.00 bits per heavy atom. The largest absolute Gasteiger partial charge is 0.757 e. The van der Waals surface area contributed by atoms with Crippen molar-refractivity contribution in [2.45, 2.75) is 40.7 Å². The molecule has 0 aliphatic heterocycles. The van der Waals surface area contributed by atoms with Gasteiger partial charge in [-0.3, -0.25) is 4.79 Å². The summed E-state index contributed by atoms with van der Waals surface area (Å²) >= 11 is 4.79. The third kappa shape index (κ3) is 3.40. The van der Waals surface area contributed by atoms with E-state index >= 15 is 0 Å². The van der Waals surface area contributed by atoms with Crippen molar-refractivity contribution in [2.75, 3.05) is 0 Å². The molecule has 0 saturated carbocycles. The van der Waals surface area contributed by atoms with Gasteiger partial charge < -0.3 is 10.3 Å². The summed E-state index contributed by atoms with van der Waals surface area (Å²) in [7, 11) is 0. The molecule has 0 radical (unpaired) electrons. The van der Waals surface area contributed by atoms with Crippen molar-refractivity contribution in [3.05, 3.63) is 5.21 Å². The second kappa shape index (κ2) is 4.15. The predicted molar refractivity (Wildman–Crippen MR) is 57.4 cm³/mol. The van der Waals surface area contributed by atoms with E-state index in [-0.39, 0.29) is 16.8 Å². The number of hydrogen-bond acceptors (Lipinski definition) is 3. The second-order valence-electron chi connectivity index (χ2n) is 4.30. The third-order valence-corrected chi connectivity index (χ3v) is 1.91. The van der Waals surface area contributed by atoms with E-state index in [0.717, 1.165) is 0 Å². The molecule has 0 aliphatic carbocycles. The average Bonchev–Trinajstić information content (AvgIpc) is 1.98. The van der Waals surface area contributed by atoms with Crippen LogP contribution in [0.1, 0.15) is 34.6 Å². The topological polar surface area (TPSA) is 43.4 Å². The predicted octanol–water partition coefficient (Wildman–Crippen LogP) is 2.14. The van der Waals surface area contributed by atoms with E-state index in [4.69, 9.17) is 12.2 Å². The lowest BCUT2D eigenvalue weighted by atomic mass is 9.90. The van der Waals surface area contributed by atoms with Crippen LogP contribution >= 0.6 is 12.2 Å². The van der Waals surface area contributed by atoms with Gasteiger partial charge in [0, 0.05) is 11.5 Å². The monoisotopic (exact) mass is 202 g/mol. The van der Waals surface area contributed by atoms with Crippen LogP contribution in [-0.2, 0) is 4.79 Å². The van der Waals surface area contributed by atoms with Crippen molar-refractivity contribution >= 4 is 23.0 Å². The number of hydrogen-bond donors (Lipinski definition) is 0. The molecule has 0 spiro atoms. The minimum absolute atomic E-state index is 0.123. The number of rotatable bonds is 2. The summed E-state index contributed by atoms with van der Waals surface area (Å²) < 4.78 is 0. The summed E-state index contributed by atoms with van der Waals surface area (Å²) in [5, 5.41) is 11.9. The molecule has 0 N–H and O–H groups in total. The van der Waals surface area contributed by atoms with Gasteiger partial charge in [0.05, 0.1) is 0 Å². The number of ketones is 1. The van der Waals surface area contributed by atoms with Gasteiger partial charge in [-0.15, -0.1) is 0 Å². The maximum atomic E-state index is 11.5. The Morgan fingerprint density at radius 1 is 1.38 bits per heavy atom. The van der Waals surface area contributed by atoms with Crippen LogP contribution in [0.4, 0.5) is 0 Å². The Kier molecular flexibility index (Phi) is 4.00. The standard InChI is InChI=1S/C9H16NO2S/c1-6(2)10(12)8(13)7(11)9(3,4)5/h6H,1-5H3/q-1. The molecule has 0 rings (SSSR count). The number of carbonyl (C=O) groups excluding carboxylic acids is 1. The molecule has 3 nitrogen and oxygen atoms in total. The molecule has 4 heteroatoms. The summed E-state index contributed by atoms with van der Waals surface area (Å²) in [6, 6.07) is -0.279. The van der Waals surface area contributed by atoms with Crippen LogP contribution in [0.3, 0.4) is 0 Å². The molecule has 0 fully saturated rings. The Bertz CT molecular complexity index is 218. The Balaban J connectivity index is 4.54. The summed E-state index contributed by atoms with van der Waals surface area (Å²) in [6.07, 6.45) is 0. The summed E-state index contributed by atoms with van der Waals surface area (Å²) in [5.41, 5.74) is -0.575. The highest BCUT2D eigenvalue weighted by Gasteiger charge is 2.26. The van der Waals surface area contributed by atoms with Crippen molar-refractivity contribution in [2.24, 2.45) is 5.41 Å². The highest BCUT2D eigenvalue weighted by Crippen LogP contribution is 2.17. The molecule has 13 heavy (non-hydrogen) atoms. The minimum Gasteiger partial charge on any atom is -0.757 e. The zero-order chi connectivity index (χ0) is 10.8. The van der Waals surface area contributed by atoms with Crippen LogP contribution in [0.5, 0.6) is 0 Å².